The Bertz CT molecular complexity index is 975. The zero-order chi connectivity index (χ0) is 21.9. The molecule has 0 aliphatic rings. The molecule has 0 bridgehead atoms. The van der Waals surface area contributed by atoms with Crippen LogP contribution >= 0.6 is 11.3 Å². The van der Waals surface area contributed by atoms with Gasteiger partial charge in [-0.2, -0.15) is 5.10 Å². The molecule has 11 heteroatoms. The number of carbonyl (C=O) groups excluding carboxylic acids is 3. The minimum Gasteiger partial charge on any atom is -0.477 e. The Morgan fingerprint density at radius 2 is 1.93 bits per heavy atom. The molecule has 29 heavy (non-hydrogen) atoms. The van der Waals surface area contributed by atoms with E-state index in [2.05, 4.69) is 10.4 Å². The number of hydrogen-bond donors (Lipinski definition) is 2. The summed E-state index contributed by atoms with van der Waals surface area (Å²) in [7, 11) is 1.39. The lowest BCUT2D eigenvalue weighted by molar-refractivity contribution is 0.0378. The number of thiophene rings is 1. The third kappa shape index (κ3) is 4.62. The molecular weight excluding hydrogens is 402 g/mol. The van der Waals surface area contributed by atoms with Crippen molar-refractivity contribution < 1.29 is 33.8 Å². The fraction of sp³-hybridized carbons (Fsp3) is 0.389. The van der Waals surface area contributed by atoms with Gasteiger partial charge in [0, 0.05) is 7.05 Å². The van der Waals surface area contributed by atoms with E-state index in [1.807, 2.05) is 0 Å². The standard InChI is InChI=1S/C18H21N3O7S/c1-6-27-18(26)13-9(4)11(17(25)28-8(2)3)15(29-13)20-14(22)10-7-19-21(5)12(10)16(23)24/h7-8H,6H2,1-5H3,(H,20,22)(H,23,24). The van der Waals surface area contributed by atoms with E-state index >= 15 is 0 Å². The molecule has 2 aromatic rings. The maximum atomic E-state index is 12.7. The van der Waals surface area contributed by atoms with Crippen LogP contribution in [0, 0.1) is 6.92 Å². The van der Waals surface area contributed by atoms with Gasteiger partial charge in [0.05, 0.1) is 30.0 Å². The van der Waals surface area contributed by atoms with Gasteiger partial charge >= 0.3 is 17.9 Å². The SMILES string of the molecule is CCOC(=O)c1sc(NC(=O)c2cnn(C)c2C(=O)O)c(C(=O)OC(C)C)c1C. The van der Waals surface area contributed by atoms with Gasteiger partial charge in [-0.15, -0.1) is 11.3 Å². The number of carboxylic acids is 1. The first-order valence-corrected chi connectivity index (χ1v) is 9.48. The topological polar surface area (TPSA) is 137 Å². The minimum absolute atomic E-state index is 0.0147. The van der Waals surface area contributed by atoms with Gasteiger partial charge in [0.2, 0.25) is 0 Å². The van der Waals surface area contributed by atoms with Crippen LogP contribution in [0.2, 0.25) is 0 Å². The van der Waals surface area contributed by atoms with Crippen molar-refractivity contribution in [3.8, 4) is 0 Å². The normalized spacial score (nSPS) is 10.7. The Kier molecular flexibility index (Phi) is 6.75. The van der Waals surface area contributed by atoms with Crippen LogP contribution in [0.25, 0.3) is 0 Å². The van der Waals surface area contributed by atoms with Crippen molar-refractivity contribution in [2.24, 2.45) is 7.05 Å². The average Bonchev–Trinajstić information content (AvgIpc) is 3.14. The molecule has 0 aliphatic carbocycles. The number of nitrogens with zero attached hydrogens (tertiary/aromatic N) is 2. The van der Waals surface area contributed by atoms with E-state index in [-0.39, 0.29) is 33.3 Å². The monoisotopic (exact) mass is 423 g/mol. The molecule has 0 atom stereocenters. The summed E-state index contributed by atoms with van der Waals surface area (Å²) < 4.78 is 11.3. The molecule has 0 unspecified atom stereocenters. The van der Waals surface area contributed by atoms with Crippen LogP contribution in [0.1, 0.15) is 67.2 Å². The summed E-state index contributed by atoms with van der Waals surface area (Å²) in [5.74, 6) is -3.47. The smallest absolute Gasteiger partial charge is 0.354 e. The van der Waals surface area contributed by atoms with Crippen molar-refractivity contribution in [1.29, 1.82) is 0 Å². The summed E-state index contributed by atoms with van der Waals surface area (Å²) in [5.41, 5.74) is -0.181. The first kappa shape index (κ1) is 22.1. The number of anilines is 1. The number of rotatable bonds is 7. The minimum atomic E-state index is -1.33. The largest absolute Gasteiger partial charge is 0.477 e. The molecule has 0 aromatic carbocycles. The molecule has 2 aromatic heterocycles. The highest BCUT2D eigenvalue weighted by atomic mass is 32.1. The Labute approximate surface area is 170 Å². The summed E-state index contributed by atoms with van der Waals surface area (Å²) >= 11 is 0.852. The van der Waals surface area contributed by atoms with E-state index in [9.17, 15) is 24.3 Å². The highest BCUT2D eigenvalue weighted by Crippen LogP contribution is 2.35. The van der Waals surface area contributed by atoms with E-state index in [1.165, 1.54) is 7.05 Å². The third-order valence-corrected chi connectivity index (χ3v) is 4.95. The summed E-state index contributed by atoms with van der Waals surface area (Å²) in [6.45, 7) is 6.66. The lowest BCUT2D eigenvalue weighted by Gasteiger charge is -2.10. The predicted molar refractivity (Wildman–Crippen MR) is 104 cm³/mol. The molecular formula is C18H21N3O7S. The fourth-order valence-electron chi connectivity index (χ4n) is 2.54. The van der Waals surface area contributed by atoms with Crippen molar-refractivity contribution >= 4 is 40.2 Å². The van der Waals surface area contributed by atoms with Crippen LogP contribution < -0.4 is 5.32 Å². The number of hydrogen-bond acceptors (Lipinski definition) is 8. The first-order valence-electron chi connectivity index (χ1n) is 8.66. The van der Waals surface area contributed by atoms with Crippen LogP contribution in [0.3, 0.4) is 0 Å². The summed E-state index contributed by atoms with van der Waals surface area (Å²) in [6.07, 6.45) is 0.686. The summed E-state index contributed by atoms with van der Waals surface area (Å²) in [4.78, 5) is 49.0. The number of amides is 1. The Hall–Kier alpha value is -3.21. The van der Waals surface area contributed by atoms with Crippen LogP contribution in [0.5, 0.6) is 0 Å². The number of carboxylic acid groups (broad SMARTS) is 1. The van der Waals surface area contributed by atoms with Crippen molar-refractivity contribution in [3.05, 3.63) is 33.5 Å². The summed E-state index contributed by atoms with van der Waals surface area (Å²) in [6, 6.07) is 0. The molecule has 0 saturated carbocycles. The Morgan fingerprint density at radius 1 is 1.28 bits per heavy atom. The molecule has 0 fully saturated rings. The second-order valence-electron chi connectivity index (χ2n) is 6.22. The average molecular weight is 423 g/mol. The van der Waals surface area contributed by atoms with Gasteiger partial charge in [0.15, 0.2) is 5.69 Å². The van der Waals surface area contributed by atoms with Gasteiger partial charge in [-0.1, -0.05) is 0 Å². The molecule has 0 spiro atoms. The van der Waals surface area contributed by atoms with Crippen molar-refractivity contribution in [3.63, 3.8) is 0 Å². The maximum Gasteiger partial charge on any atom is 0.354 e. The molecule has 2 heterocycles. The van der Waals surface area contributed by atoms with Gasteiger partial charge in [-0.05, 0) is 33.3 Å². The van der Waals surface area contributed by atoms with Crippen molar-refractivity contribution in [2.45, 2.75) is 33.8 Å². The number of carbonyl (C=O) groups is 4. The second kappa shape index (κ2) is 8.86. The van der Waals surface area contributed by atoms with Gasteiger partial charge in [0.1, 0.15) is 9.88 Å². The summed E-state index contributed by atoms with van der Waals surface area (Å²) in [5, 5.41) is 15.6. The third-order valence-electron chi connectivity index (χ3n) is 3.77. The van der Waals surface area contributed by atoms with Gasteiger partial charge < -0.3 is 19.9 Å². The number of aromatic nitrogens is 2. The number of aromatic carboxylic acids is 1. The molecule has 1 amide bonds. The Balaban J connectivity index is 2.49. The zero-order valence-corrected chi connectivity index (χ0v) is 17.4. The number of nitrogens with one attached hydrogen (secondary N) is 1. The van der Waals surface area contributed by atoms with Gasteiger partial charge in [-0.25, -0.2) is 14.4 Å². The predicted octanol–water partition coefficient (Wildman–Crippen LogP) is 2.48. The second-order valence-corrected chi connectivity index (χ2v) is 7.25. The quantitative estimate of drug-likeness (QED) is 0.648. The Morgan fingerprint density at radius 3 is 2.48 bits per heavy atom. The van der Waals surface area contributed by atoms with Crippen molar-refractivity contribution in [2.75, 3.05) is 11.9 Å². The molecule has 2 N–H and O–H groups in total. The molecule has 156 valence electrons. The van der Waals surface area contributed by atoms with E-state index in [0.717, 1.165) is 22.2 Å². The van der Waals surface area contributed by atoms with Crippen LogP contribution in [-0.4, -0.2) is 51.4 Å². The lowest BCUT2D eigenvalue weighted by atomic mass is 10.1. The van der Waals surface area contributed by atoms with Gasteiger partial charge in [0.25, 0.3) is 5.91 Å². The first-order chi connectivity index (χ1) is 13.6. The molecule has 2 rings (SSSR count). The van der Waals surface area contributed by atoms with E-state index < -0.39 is 29.9 Å². The fourth-order valence-corrected chi connectivity index (χ4v) is 3.62. The van der Waals surface area contributed by atoms with Crippen LogP contribution in [0.15, 0.2) is 6.20 Å². The molecule has 0 saturated heterocycles. The number of esters is 2. The van der Waals surface area contributed by atoms with E-state index in [1.54, 1.807) is 27.7 Å². The highest BCUT2D eigenvalue weighted by molar-refractivity contribution is 7.18. The zero-order valence-electron chi connectivity index (χ0n) is 16.6. The lowest BCUT2D eigenvalue weighted by Crippen LogP contribution is -2.19. The number of aryl methyl sites for hydroxylation is 1. The number of ether oxygens (including phenoxy) is 2. The molecule has 10 nitrogen and oxygen atoms in total. The molecule has 0 aliphatic heterocycles. The van der Waals surface area contributed by atoms with Crippen molar-refractivity contribution in [1.82, 2.24) is 9.78 Å². The van der Waals surface area contributed by atoms with Gasteiger partial charge in [-0.3, -0.25) is 9.48 Å². The van der Waals surface area contributed by atoms with E-state index in [0.29, 0.717) is 5.56 Å². The van der Waals surface area contributed by atoms with E-state index in [4.69, 9.17) is 9.47 Å². The molecule has 0 radical (unpaired) electrons. The highest BCUT2D eigenvalue weighted by Gasteiger charge is 2.29. The van der Waals surface area contributed by atoms with Crippen LogP contribution in [0.4, 0.5) is 5.00 Å². The van der Waals surface area contributed by atoms with Crippen LogP contribution in [-0.2, 0) is 16.5 Å². The maximum absolute atomic E-state index is 12.7.